The molecule has 1 radical (unpaired) electrons. The van der Waals surface area contributed by atoms with E-state index in [9.17, 15) is 14.4 Å². The number of carbonyl (C=O) groups is 2. The number of rotatable bonds is 5. The molecule has 0 saturated heterocycles. The van der Waals surface area contributed by atoms with Crippen molar-refractivity contribution in [2.75, 3.05) is 6.54 Å². The van der Waals surface area contributed by atoms with Gasteiger partial charge in [0.15, 0.2) is 0 Å². The fraction of sp³-hybridized carbons (Fsp3) is 0.294. The van der Waals surface area contributed by atoms with Gasteiger partial charge in [0.2, 0.25) is 6.29 Å². The van der Waals surface area contributed by atoms with Crippen LogP contribution in [0.5, 0.6) is 0 Å². The van der Waals surface area contributed by atoms with Crippen LogP contribution in [0.3, 0.4) is 0 Å². The number of amides is 2. The van der Waals surface area contributed by atoms with Crippen molar-refractivity contribution in [2.24, 2.45) is 4.99 Å². The Bertz CT molecular complexity index is 593. The van der Waals surface area contributed by atoms with Crippen LogP contribution in [0, 0.1) is 0 Å². The molecule has 1 unspecified atom stereocenters. The average molecular weight is 297 g/mol. The van der Waals surface area contributed by atoms with Crippen molar-refractivity contribution >= 4 is 30.4 Å². The molecule has 1 heterocycles. The predicted molar refractivity (Wildman–Crippen MR) is 84.0 cm³/mol. The summed E-state index contributed by atoms with van der Waals surface area (Å²) >= 11 is 0. The molecule has 0 N–H and O–H groups in total. The van der Waals surface area contributed by atoms with E-state index < -0.39 is 17.9 Å². The van der Waals surface area contributed by atoms with Crippen LogP contribution < -0.4 is 0 Å². The molecule has 113 valence electrons. The van der Waals surface area contributed by atoms with E-state index in [1.165, 1.54) is 6.08 Å². The standard InChI is InChI=1S/C17H17N2O3/c20-13-12-19(17(22)15-8-4-5-11-18-15)16(21)10-9-14-6-2-1-3-7-14/h1-3,6-7,9-11,15H,4-5,8,12H2. The normalized spacial score (nSPS) is 17.4. The molecule has 5 nitrogen and oxygen atoms in total. The lowest BCUT2D eigenvalue weighted by atomic mass is 10.1. The largest absolute Gasteiger partial charge is 0.289 e. The zero-order chi connectivity index (χ0) is 15.8. The van der Waals surface area contributed by atoms with Gasteiger partial charge >= 0.3 is 0 Å². The van der Waals surface area contributed by atoms with Crippen molar-refractivity contribution in [2.45, 2.75) is 25.3 Å². The van der Waals surface area contributed by atoms with Crippen molar-refractivity contribution < 1.29 is 14.4 Å². The first-order chi connectivity index (χ1) is 10.7. The van der Waals surface area contributed by atoms with E-state index in [4.69, 9.17) is 0 Å². The Labute approximate surface area is 129 Å². The third kappa shape index (κ3) is 4.22. The summed E-state index contributed by atoms with van der Waals surface area (Å²) in [6.07, 6.45) is 8.50. The average Bonchev–Trinajstić information content (AvgIpc) is 2.58. The molecule has 1 aliphatic heterocycles. The first-order valence-corrected chi connectivity index (χ1v) is 7.17. The van der Waals surface area contributed by atoms with Gasteiger partial charge in [0, 0.05) is 6.08 Å². The van der Waals surface area contributed by atoms with Crippen molar-refractivity contribution in [1.29, 1.82) is 0 Å². The molecule has 1 atom stereocenters. The Morgan fingerprint density at radius 2 is 2.09 bits per heavy atom. The second-order valence-electron chi connectivity index (χ2n) is 4.93. The van der Waals surface area contributed by atoms with Crippen molar-refractivity contribution in [3.8, 4) is 0 Å². The molecule has 0 aliphatic carbocycles. The zero-order valence-corrected chi connectivity index (χ0v) is 12.1. The highest BCUT2D eigenvalue weighted by molar-refractivity contribution is 6.05. The zero-order valence-electron chi connectivity index (χ0n) is 12.1. The van der Waals surface area contributed by atoms with Gasteiger partial charge < -0.3 is 0 Å². The van der Waals surface area contributed by atoms with Crippen LogP contribution in [-0.4, -0.2) is 41.8 Å². The van der Waals surface area contributed by atoms with E-state index in [0.29, 0.717) is 6.42 Å². The fourth-order valence-corrected chi connectivity index (χ4v) is 2.20. The van der Waals surface area contributed by atoms with Crippen LogP contribution in [0.15, 0.2) is 41.4 Å². The Hall–Kier alpha value is -2.56. The molecular weight excluding hydrogens is 280 g/mol. The van der Waals surface area contributed by atoms with Crippen LogP contribution in [0.1, 0.15) is 24.8 Å². The van der Waals surface area contributed by atoms with Gasteiger partial charge in [0.25, 0.3) is 11.8 Å². The number of hydrogen-bond donors (Lipinski definition) is 0. The molecule has 2 amide bonds. The van der Waals surface area contributed by atoms with Crippen molar-refractivity contribution in [3.05, 3.63) is 42.0 Å². The lowest BCUT2D eigenvalue weighted by Gasteiger charge is -2.22. The van der Waals surface area contributed by atoms with Gasteiger partial charge in [-0.2, -0.15) is 0 Å². The first-order valence-electron chi connectivity index (χ1n) is 7.17. The van der Waals surface area contributed by atoms with Gasteiger partial charge in [0.1, 0.15) is 6.04 Å². The Kier molecular flexibility index (Phi) is 5.77. The lowest BCUT2D eigenvalue weighted by Crippen LogP contribution is -2.43. The summed E-state index contributed by atoms with van der Waals surface area (Å²) in [4.78, 5) is 40.2. The minimum absolute atomic E-state index is 0.372. The van der Waals surface area contributed by atoms with E-state index in [0.717, 1.165) is 23.3 Å². The highest BCUT2D eigenvalue weighted by Gasteiger charge is 2.27. The molecule has 2 rings (SSSR count). The molecule has 1 aromatic carbocycles. The van der Waals surface area contributed by atoms with Crippen LogP contribution >= 0.6 is 0 Å². The van der Waals surface area contributed by atoms with Crippen LogP contribution in [0.2, 0.25) is 0 Å². The molecule has 5 heteroatoms. The van der Waals surface area contributed by atoms with E-state index in [-0.39, 0.29) is 6.54 Å². The SMILES string of the molecule is O=[C]CN(C(=O)C=Cc1ccccc1)C(=O)C1CCCC=N1. The summed E-state index contributed by atoms with van der Waals surface area (Å²) in [6.45, 7) is -0.372. The van der Waals surface area contributed by atoms with Crippen molar-refractivity contribution in [3.63, 3.8) is 0 Å². The van der Waals surface area contributed by atoms with Gasteiger partial charge in [-0.25, -0.2) is 0 Å². The summed E-state index contributed by atoms with van der Waals surface area (Å²) in [5, 5.41) is 0. The third-order valence-electron chi connectivity index (χ3n) is 3.35. The number of carbonyl (C=O) groups excluding carboxylic acids is 3. The van der Waals surface area contributed by atoms with Gasteiger partial charge in [0.05, 0.1) is 6.54 Å². The third-order valence-corrected chi connectivity index (χ3v) is 3.35. The predicted octanol–water partition coefficient (Wildman–Crippen LogP) is 1.79. The lowest BCUT2D eigenvalue weighted by molar-refractivity contribution is -0.142. The first kappa shape index (κ1) is 15.8. The quantitative estimate of drug-likeness (QED) is 0.778. The summed E-state index contributed by atoms with van der Waals surface area (Å²) in [5.41, 5.74) is 0.842. The molecule has 0 aromatic heterocycles. The van der Waals surface area contributed by atoms with Gasteiger partial charge in [-0.15, -0.1) is 0 Å². The molecule has 0 fully saturated rings. The molecule has 0 bridgehead atoms. The smallest absolute Gasteiger partial charge is 0.254 e. The maximum atomic E-state index is 12.3. The van der Waals surface area contributed by atoms with E-state index in [2.05, 4.69) is 4.99 Å². The van der Waals surface area contributed by atoms with Gasteiger partial charge in [-0.05, 0) is 37.1 Å². The van der Waals surface area contributed by atoms with E-state index in [1.807, 2.05) is 30.3 Å². The monoisotopic (exact) mass is 297 g/mol. The molecule has 1 aromatic rings. The highest BCUT2D eigenvalue weighted by atomic mass is 16.2. The Balaban J connectivity index is 2.09. The fourth-order valence-electron chi connectivity index (χ4n) is 2.20. The second-order valence-corrected chi connectivity index (χ2v) is 4.93. The minimum atomic E-state index is -0.573. The summed E-state index contributed by atoms with van der Waals surface area (Å²) in [6, 6.07) is 8.68. The van der Waals surface area contributed by atoms with Gasteiger partial charge in [-0.3, -0.25) is 24.3 Å². The maximum Gasteiger partial charge on any atom is 0.254 e. The molecular formula is C17H17N2O3. The summed E-state index contributed by atoms with van der Waals surface area (Å²) in [5.74, 6) is -0.972. The number of hydrogen-bond acceptors (Lipinski definition) is 4. The van der Waals surface area contributed by atoms with Gasteiger partial charge in [-0.1, -0.05) is 30.3 Å². The summed E-state index contributed by atoms with van der Waals surface area (Å²) in [7, 11) is 0. The van der Waals surface area contributed by atoms with Crippen molar-refractivity contribution in [1.82, 2.24) is 4.90 Å². The van der Waals surface area contributed by atoms with Crippen LogP contribution in [0.25, 0.3) is 6.08 Å². The molecule has 0 saturated carbocycles. The van der Waals surface area contributed by atoms with E-state index in [1.54, 1.807) is 18.6 Å². The summed E-state index contributed by atoms with van der Waals surface area (Å²) < 4.78 is 0. The van der Waals surface area contributed by atoms with Crippen LogP contribution in [0.4, 0.5) is 0 Å². The number of imide groups is 1. The highest BCUT2D eigenvalue weighted by Crippen LogP contribution is 2.13. The maximum absolute atomic E-state index is 12.3. The molecule has 22 heavy (non-hydrogen) atoms. The number of nitrogens with zero attached hydrogens (tertiary/aromatic N) is 2. The van der Waals surface area contributed by atoms with Crippen LogP contribution in [-0.2, 0) is 14.4 Å². The molecule has 0 spiro atoms. The topological polar surface area (TPSA) is 66.8 Å². The number of benzene rings is 1. The minimum Gasteiger partial charge on any atom is -0.289 e. The second kappa shape index (κ2) is 8.02. The van der Waals surface area contributed by atoms with E-state index >= 15 is 0 Å². The molecule has 1 aliphatic rings. The number of aliphatic imine (C=N–C) groups is 1. The Morgan fingerprint density at radius 3 is 2.73 bits per heavy atom. The Morgan fingerprint density at radius 1 is 1.32 bits per heavy atom.